The zero-order valence-corrected chi connectivity index (χ0v) is 13.7. The average Bonchev–Trinajstić information content (AvgIpc) is 2.46. The van der Waals surface area contributed by atoms with E-state index < -0.39 is 0 Å². The van der Waals surface area contributed by atoms with Crippen molar-refractivity contribution in [3.05, 3.63) is 46.2 Å². The molecule has 0 atom stereocenters. The fourth-order valence-electron chi connectivity index (χ4n) is 2.40. The van der Waals surface area contributed by atoms with Gasteiger partial charge in [-0.2, -0.15) is 0 Å². The van der Waals surface area contributed by atoms with E-state index >= 15 is 0 Å². The van der Waals surface area contributed by atoms with Crippen LogP contribution in [0.25, 0.3) is 11.4 Å². The molecule has 3 nitrogen and oxygen atoms in total. The quantitative estimate of drug-likeness (QED) is 0.821. The molecule has 1 N–H and O–H groups in total. The lowest BCUT2D eigenvalue weighted by molar-refractivity contribution is 0.667. The van der Waals surface area contributed by atoms with E-state index in [4.69, 9.17) is 11.6 Å². The van der Waals surface area contributed by atoms with Gasteiger partial charge < -0.3 is 5.32 Å². The highest BCUT2D eigenvalue weighted by atomic mass is 35.5. The summed E-state index contributed by atoms with van der Waals surface area (Å²) in [5, 5.41) is 4.08. The molecule has 0 aliphatic rings. The van der Waals surface area contributed by atoms with E-state index in [0.717, 1.165) is 53.7 Å². The van der Waals surface area contributed by atoms with Gasteiger partial charge in [0.2, 0.25) is 0 Å². The standard InChI is InChI=1S/C17H22ClN3/c1-4-19-11-5-6-16-12(2)20-17(21-13(16)3)14-7-9-15(18)10-8-14/h7-10,19H,4-6,11H2,1-3H3. The molecule has 112 valence electrons. The van der Waals surface area contributed by atoms with E-state index in [1.165, 1.54) is 5.56 Å². The van der Waals surface area contributed by atoms with Crippen LogP contribution in [0.3, 0.4) is 0 Å². The lowest BCUT2D eigenvalue weighted by atomic mass is 10.1. The minimum Gasteiger partial charge on any atom is -0.317 e. The fraction of sp³-hybridized carbons (Fsp3) is 0.412. The summed E-state index contributed by atoms with van der Waals surface area (Å²) < 4.78 is 0. The molecular formula is C17H22ClN3. The van der Waals surface area contributed by atoms with Crippen molar-refractivity contribution in [3.8, 4) is 11.4 Å². The maximum absolute atomic E-state index is 5.92. The minimum atomic E-state index is 0.729. The maximum Gasteiger partial charge on any atom is 0.159 e. The number of hydrogen-bond donors (Lipinski definition) is 1. The molecule has 2 aromatic rings. The van der Waals surface area contributed by atoms with Gasteiger partial charge in [-0.15, -0.1) is 0 Å². The number of nitrogens with one attached hydrogen (secondary N) is 1. The van der Waals surface area contributed by atoms with Crippen molar-refractivity contribution in [1.82, 2.24) is 15.3 Å². The van der Waals surface area contributed by atoms with Gasteiger partial charge in [-0.25, -0.2) is 9.97 Å². The SMILES string of the molecule is CCNCCCc1c(C)nc(-c2ccc(Cl)cc2)nc1C. The highest BCUT2D eigenvalue weighted by Gasteiger charge is 2.09. The Bertz CT molecular complexity index is 570. The molecule has 1 aromatic carbocycles. The molecule has 0 bridgehead atoms. The smallest absolute Gasteiger partial charge is 0.159 e. The van der Waals surface area contributed by atoms with E-state index in [0.29, 0.717) is 0 Å². The van der Waals surface area contributed by atoms with Crippen molar-refractivity contribution in [2.45, 2.75) is 33.6 Å². The third-order valence-corrected chi connectivity index (χ3v) is 3.81. The Labute approximate surface area is 131 Å². The van der Waals surface area contributed by atoms with Gasteiger partial charge in [-0.3, -0.25) is 0 Å². The molecule has 1 heterocycles. The third kappa shape index (κ3) is 4.26. The Morgan fingerprint density at radius 2 is 1.67 bits per heavy atom. The van der Waals surface area contributed by atoms with Crippen LogP contribution in [0.1, 0.15) is 30.3 Å². The highest BCUT2D eigenvalue weighted by Crippen LogP contribution is 2.21. The first-order valence-electron chi connectivity index (χ1n) is 7.42. The monoisotopic (exact) mass is 303 g/mol. The zero-order chi connectivity index (χ0) is 15.2. The van der Waals surface area contributed by atoms with Gasteiger partial charge in [-0.1, -0.05) is 18.5 Å². The molecule has 0 spiro atoms. The molecule has 0 aliphatic heterocycles. The molecule has 0 unspecified atom stereocenters. The molecule has 0 aliphatic carbocycles. The summed E-state index contributed by atoms with van der Waals surface area (Å²) >= 11 is 5.92. The number of aryl methyl sites for hydroxylation is 2. The number of rotatable bonds is 6. The second-order valence-electron chi connectivity index (χ2n) is 5.16. The van der Waals surface area contributed by atoms with Crippen molar-refractivity contribution in [3.63, 3.8) is 0 Å². The Morgan fingerprint density at radius 3 is 2.24 bits per heavy atom. The molecular weight excluding hydrogens is 282 g/mol. The van der Waals surface area contributed by atoms with Crippen molar-refractivity contribution >= 4 is 11.6 Å². The number of benzene rings is 1. The fourth-order valence-corrected chi connectivity index (χ4v) is 2.52. The number of nitrogens with zero attached hydrogens (tertiary/aromatic N) is 2. The van der Waals surface area contributed by atoms with Crippen LogP contribution in [0.2, 0.25) is 5.02 Å². The topological polar surface area (TPSA) is 37.8 Å². The van der Waals surface area contributed by atoms with E-state index in [9.17, 15) is 0 Å². The van der Waals surface area contributed by atoms with Gasteiger partial charge in [0, 0.05) is 22.0 Å². The Hall–Kier alpha value is -1.45. The molecule has 4 heteroatoms. The van der Waals surface area contributed by atoms with E-state index in [2.05, 4.69) is 36.1 Å². The molecule has 0 fully saturated rings. The number of hydrogen-bond acceptors (Lipinski definition) is 3. The second kappa shape index (κ2) is 7.53. The number of halogens is 1. The van der Waals surface area contributed by atoms with Crippen molar-refractivity contribution < 1.29 is 0 Å². The largest absolute Gasteiger partial charge is 0.317 e. The second-order valence-corrected chi connectivity index (χ2v) is 5.60. The normalized spacial score (nSPS) is 10.9. The van der Waals surface area contributed by atoms with E-state index in [1.54, 1.807) is 0 Å². The van der Waals surface area contributed by atoms with Crippen LogP contribution in [0, 0.1) is 13.8 Å². The lowest BCUT2D eigenvalue weighted by Gasteiger charge is -2.11. The van der Waals surface area contributed by atoms with Gasteiger partial charge in [0.15, 0.2) is 5.82 Å². The van der Waals surface area contributed by atoms with Crippen LogP contribution in [-0.2, 0) is 6.42 Å². The van der Waals surface area contributed by atoms with Crippen LogP contribution < -0.4 is 5.32 Å². The van der Waals surface area contributed by atoms with Crippen LogP contribution in [0.5, 0.6) is 0 Å². The van der Waals surface area contributed by atoms with E-state index in [1.807, 2.05) is 24.3 Å². The Balaban J connectivity index is 2.18. The Kier molecular flexibility index (Phi) is 5.71. The molecule has 2 rings (SSSR count). The highest BCUT2D eigenvalue weighted by molar-refractivity contribution is 6.30. The van der Waals surface area contributed by atoms with Gasteiger partial charge >= 0.3 is 0 Å². The summed E-state index contributed by atoms with van der Waals surface area (Å²) in [5.74, 6) is 0.775. The van der Waals surface area contributed by atoms with Gasteiger partial charge in [0.05, 0.1) is 0 Å². The summed E-state index contributed by atoms with van der Waals surface area (Å²) in [6.07, 6.45) is 2.13. The molecule has 0 saturated carbocycles. The minimum absolute atomic E-state index is 0.729. The van der Waals surface area contributed by atoms with Crippen molar-refractivity contribution in [1.29, 1.82) is 0 Å². The summed E-state index contributed by atoms with van der Waals surface area (Å²) in [5.41, 5.74) is 4.42. The summed E-state index contributed by atoms with van der Waals surface area (Å²) in [7, 11) is 0. The van der Waals surface area contributed by atoms with Crippen LogP contribution in [-0.4, -0.2) is 23.1 Å². The first-order chi connectivity index (χ1) is 10.1. The zero-order valence-electron chi connectivity index (χ0n) is 12.9. The summed E-state index contributed by atoms with van der Waals surface area (Å²) in [6.45, 7) is 8.31. The van der Waals surface area contributed by atoms with Crippen LogP contribution in [0.4, 0.5) is 0 Å². The Morgan fingerprint density at radius 1 is 1.05 bits per heavy atom. The molecule has 1 aromatic heterocycles. The molecule has 21 heavy (non-hydrogen) atoms. The van der Waals surface area contributed by atoms with Crippen molar-refractivity contribution in [2.75, 3.05) is 13.1 Å². The van der Waals surface area contributed by atoms with E-state index in [-0.39, 0.29) is 0 Å². The third-order valence-electron chi connectivity index (χ3n) is 3.55. The summed E-state index contributed by atoms with van der Waals surface area (Å²) in [6, 6.07) is 7.66. The van der Waals surface area contributed by atoms with Gasteiger partial charge in [-0.05, 0) is 69.6 Å². The predicted octanol–water partition coefficient (Wildman–Crippen LogP) is 3.96. The molecule has 0 saturated heterocycles. The van der Waals surface area contributed by atoms with Crippen molar-refractivity contribution in [2.24, 2.45) is 0 Å². The first kappa shape index (κ1) is 15.9. The molecule has 0 amide bonds. The summed E-state index contributed by atoms with van der Waals surface area (Å²) in [4.78, 5) is 9.32. The average molecular weight is 304 g/mol. The maximum atomic E-state index is 5.92. The number of aromatic nitrogens is 2. The van der Waals surface area contributed by atoms with Crippen LogP contribution in [0.15, 0.2) is 24.3 Å². The van der Waals surface area contributed by atoms with Gasteiger partial charge in [0.1, 0.15) is 0 Å². The van der Waals surface area contributed by atoms with Gasteiger partial charge in [0.25, 0.3) is 0 Å². The van der Waals surface area contributed by atoms with Crippen LogP contribution >= 0.6 is 11.6 Å². The lowest BCUT2D eigenvalue weighted by Crippen LogP contribution is -2.15. The predicted molar refractivity (Wildman–Crippen MR) is 88.8 cm³/mol. The molecule has 0 radical (unpaired) electrons. The first-order valence-corrected chi connectivity index (χ1v) is 7.80.